The van der Waals surface area contributed by atoms with Gasteiger partial charge in [0.15, 0.2) is 0 Å². The van der Waals surface area contributed by atoms with E-state index in [0.717, 1.165) is 25.7 Å². The first kappa shape index (κ1) is 24.1. The molecule has 0 bridgehead atoms. The van der Waals surface area contributed by atoms with E-state index in [4.69, 9.17) is 13.3 Å². The second-order valence-corrected chi connectivity index (χ2v) is 9.06. The summed E-state index contributed by atoms with van der Waals surface area (Å²) in [6.45, 7) is 9.52. The van der Waals surface area contributed by atoms with Crippen LogP contribution in [0.5, 0.6) is 0 Å². The normalized spacial score (nSPS) is 12.2. The van der Waals surface area contributed by atoms with Crippen LogP contribution in [0, 0.1) is 5.92 Å². The Morgan fingerprint density at radius 2 is 1.60 bits per heavy atom. The Hall–Kier alpha value is -0.923. The van der Waals surface area contributed by atoms with E-state index in [1.807, 2.05) is 18.2 Å². The van der Waals surface area contributed by atoms with Crippen LogP contribution in [0.2, 0.25) is 6.04 Å². The molecule has 5 nitrogen and oxygen atoms in total. The average Bonchev–Trinajstić information content (AvgIpc) is 2.66. The van der Waals surface area contributed by atoms with Gasteiger partial charge < -0.3 is 23.9 Å². The Morgan fingerprint density at radius 1 is 1.00 bits per heavy atom. The zero-order chi connectivity index (χ0) is 19.0. The number of para-hydroxylation sites is 1. The maximum atomic E-state index is 5.35. The Balaban J connectivity index is 0.000000472. The van der Waals surface area contributed by atoms with Crippen LogP contribution in [0.1, 0.15) is 33.6 Å². The first-order valence-corrected chi connectivity index (χ1v) is 11.2. The van der Waals surface area contributed by atoms with Crippen molar-refractivity contribution in [2.24, 2.45) is 5.92 Å². The van der Waals surface area contributed by atoms with Gasteiger partial charge in [-0.3, -0.25) is 0 Å². The first-order valence-electron chi connectivity index (χ1n) is 9.22. The molecule has 0 aliphatic rings. The van der Waals surface area contributed by atoms with Crippen molar-refractivity contribution in [1.82, 2.24) is 5.32 Å². The van der Waals surface area contributed by atoms with Gasteiger partial charge in [-0.2, -0.15) is 0 Å². The molecule has 0 aromatic heterocycles. The SMILES string of the molecule is CCCCNc1ccccc1.CCNCC(C)C[Si](OC)(OC)OC. The third kappa shape index (κ3) is 11.3. The summed E-state index contributed by atoms with van der Waals surface area (Å²) in [5.41, 5.74) is 1.22. The standard InChI is InChI=1S/C10H15N.C9H23NO3Si/c1-2-3-9-11-10-7-5-4-6-8-10;1-6-10-7-9(2)8-14(11-3,12-4)13-5/h4-8,11H,2-3,9H2,1H3;9-10H,6-8H2,1-5H3. The Kier molecular flexibility index (Phi) is 14.8. The lowest BCUT2D eigenvalue weighted by atomic mass is 10.2. The molecule has 0 fully saturated rings. The van der Waals surface area contributed by atoms with Crippen molar-refractivity contribution in [3.63, 3.8) is 0 Å². The molecule has 0 spiro atoms. The van der Waals surface area contributed by atoms with Crippen molar-refractivity contribution < 1.29 is 13.3 Å². The van der Waals surface area contributed by atoms with Gasteiger partial charge in [0.25, 0.3) is 0 Å². The van der Waals surface area contributed by atoms with Crippen LogP contribution >= 0.6 is 0 Å². The number of nitrogens with one attached hydrogen (secondary N) is 2. The first-order chi connectivity index (χ1) is 12.1. The highest BCUT2D eigenvalue weighted by molar-refractivity contribution is 6.60. The smallest absolute Gasteiger partial charge is 0.385 e. The molecule has 2 N–H and O–H groups in total. The van der Waals surface area contributed by atoms with Crippen LogP contribution in [0.15, 0.2) is 30.3 Å². The number of hydrogen-bond acceptors (Lipinski definition) is 5. The molecular weight excluding hydrogens is 332 g/mol. The minimum atomic E-state index is -2.37. The van der Waals surface area contributed by atoms with Gasteiger partial charge >= 0.3 is 8.80 Å². The van der Waals surface area contributed by atoms with Gasteiger partial charge in [-0.15, -0.1) is 0 Å². The fraction of sp³-hybridized carbons (Fsp3) is 0.684. The molecule has 1 aromatic rings. The molecule has 25 heavy (non-hydrogen) atoms. The van der Waals surface area contributed by atoms with Crippen LogP contribution < -0.4 is 10.6 Å². The Labute approximate surface area is 155 Å². The van der Waals surface area contributed by atoms with Gasteiger partial charge in [-0.05, 0) is 37.6 Å². The van der Waals surface area contributed by atoms with Gasteiger partial charge in [0.2, 0.25) is 0 Å². The molecular formula is C19H38N2O3Si. The maximum absolute atomic E-state index is 5.35. The summed E-state index contributed by atoms with van der Waals surface area (Å²) in [5.74, 6) is 0.501. The lowest BCUT2D eigenvalue weighted by Gasteiger charge is -2.27. The summed E-state index contributed by atoms with van der Waals surface area (Å²) in [6, 6.07) is 11.2. The molecule has 0 heterocycles. The van der Waals surface area contributed by atoms with Crippen molar-refractivity contribution in [3.8, 4) is 0 Å². The topological polar surface area (TPSA) is 51.8 Å². The molecule has 0 radical (unpaired) electrons. The predicted octanol–water partition coefficient (Wildman–Crippen LogP) is 4.01. The fourth-order valence-electron chi connectivity index (χ4n) is 2.36. The number of rotatable bonds is 12. The van der Waals surface area contributed by atoms with E-state index >= 15 is 0 Å². The van der Waals surface area contributed by atoms with Crippen molar-refractivity contribution in [2.75, 3.05) is 46.3 Å². The van der Waals surface area contributed by atoms with Crippen molar-refractivity contribution >= 4 is 14.5 Å². The molecule has 0 aliphatic heterocycles. The van der Waals surface area contributed by atoms with Gasteiger partial charge in [-0.1, -0.05) is 45.4 Å². The van der Waals surface area contributed by atoms with Gasteiger partial charge in [0.1, 0.15) is 0 Å². The minimum Gasteiger partial charge on any atom is -0.385 e. The van der Waals surface area contributed by atoms with E-state index in [2.05, 4.69) is 43.5 Å². The minimum absolute atomic E-state index is 0.501. The fourth-order valence-corrected chi connectivity index (χ4v) is 4.35. The highest BCUT2D eigenvalue weighted by Gasteiger charge is 2.39. The summed E-state index contributed by atoms with van der Waals surface area (Å²) >= 11 is 0. The largest absolute Gasteiger partial charge is 0.500 e. The molecule has 1 aromatic carbocycles. The van der Waals surface area contributed by atoms with Crippen molar-refractivity contribution in [1.29, 1.82) is 0 Å². The molecule has 146 valence electrons. The molecule has 0 amide bonds. The summed E-state index contributed by atoms with van der Waals surface area (Å²) in [5, 5.41) is 6.64. The van der Waals surface area contributed by atoms with E-state index in [1.54, 1.807) is 21.3 Å². The highest BCUT2D eigenvalue weighted by atomic mass is 28.4. The predicted molar refractivity (Wildman–Crippen MR) is 109 cm³/mol. The number of hydrogen-bond donors (Lipinski definition) is 2. The van der Waals surface area contributed by atoms with Crippen LogP contribution in [0.4, 0.5) is 5.69 Å². The molecule has 1 rings (SSSR count). The van der Waals surface area contributed by atoms with Crippen LogP contribution in [0.3, 0.4) is 0 Å². The second-order valence-electron chi connectivity index (χ2n) is 6.06. The summed E-state index contributed by atoms with van der Waals surface area (Å²) in [6.07, 6.45) is 2.49. The van der Waals surface area contributed by atoms with E-state index in [9.17, 15) is 0 Å². The molecule has 0 saturated carbocycles. The quantitative estimate of drug-likeness (QED) is 0.430. The lowest BCUT2D eigenvalue weighted by molar-refractivity contribution is 0.119. The van der Waals surface area contributed by atoms with Crippen LogP contribution in [0.25, 0.3) is 0 Å². The molecule has 1 unspecified atom stereocenters. The van der Waals surface area contributed by atoms with E-state index in [0.29, 0.717) is 5.92 Å². The van der Waals surface area contributed by atoms with Crippen LogP contribution in [-0.4, -0.2) is 49.8 Å². The number of anilines is 1. The molecule has 0 saturated heterocycles. The Morgan fingerprint density at radius 3 is 2.08 bits per heavy atom. The average molecular weight is 371 g/mol. The third-order valence-electron chi connectivity index (χ3n) is 3.91. The summed E-state index contributed by atoms with van der Waals surface area (Å²) in [7, 11) is 2.59. The number of benzene rings is 1. The van der Waals surface area contributed by atoms with Crippen molar-refractivity contribution in [2.45, 2.75) is 39.7 Å². The number of unbranched alkanes of at least 4 members (excludes halogenated alkanes) is 1. The van der Waals surface area contributed by atoms with E-state index in [-0.39, 0.29) is 0 Å². The zero-order valence-corrected chi connectivity index (χ0v) is 17.9. The van der Waals surface area contributed by atoms with E-state index < -0.39 is 8.80 Å². The van der Waals surface area contributed by atoms with Crippen LogP contribution in [-0.2, 0) is 13.3 Å². The monoisotopic (exact) mass is 370 g/mol. The maximum Gasteiger partial charge on any atom is 0.500 e. The Bertz CT molecular complexity index is 395. The zero-order valence-electron chi connectivity index (χ0n) is 16.9. The van der Waals surface area contributed by atoms with Gasteiger partial charge in [-0.25, -0.2) is 0 Å². The second kappa shape index (κ2) is 15.3. The highest BCUT2D eigenvalue weighted by Crippen LogP contribution is 2.18. The molecule has 1 atom stereocenters. The molecule has 6 heteroatoms. The third-order valence-corrected chi connectivity index (χ3v) is 6.97. The summed E-state index contributed by atoms with van der Waals surface area (Å²) < 4.78 is 16.1. The summed E-state index contributed by atoms with van der Waals surface area (Å²) in [4.78, 5) is 0. The van der Waals surface area contributed by atoms with Gasteiger partial charge in [0.05, 0.1) is 0 Å². The molecule has 0 aliphatic carbocycles. The van der Waals surface area contributed by atoms with Gasteiger partial charge in [0, 0.05) is 39.6 Å². The lowest BCUT2D eigenvalue weighted by Crippen LogP contribution is -2.45. The van der Waals surface area contributed by atoms with Crippen molar-refractivity contribution in [3.05, 3.63) is 30.3 Å². The van der Waals surface area contributed by atoms with E-state index in [1.165, 1.54) is 18.5 Å².